The Kier molecular flexibility index (Phi) is 5.49. The number of carbonyl (C=O) groups excluding carboxylic acids is 1. The summed E-state index contributed by atoms with van der Waals surface area (Å²) in [6, 6.07) is 18.4. The highest BCUT2D eigenvalue weighted by Gasteiger charge is 2.25. The summed E-state index contributed by atoms with van der Waals surface area (Å²) in [5, 5.41) is 2.97. The largest absolute Gasteiger partial charge is 0.492 e. The van der Waals surface area contributed by atoms with Gasteiger partial charge in [-0.05, 0) is 24.1 Å². The summed E-state index contributed by atoms with van der Waals surface area (Å²) < 4.78 is 5.94. The number of hydrogen-bond donors (Lipinski definition) is 1. The van der Waals surface area contributed by atoms with Crippen molar-refractivity contribution in [2.75, 3.05) is 26.2 Å². The highest BCUT2D eigenvalue weighted by molar-refractivity contribution is 5.77. The van der Waals surface area contributed by atoms with Gasteiger partial charge < -0.3 is 10.1 Å². The zero-order valence-corrected chi connectivity index (χ0v) is 14.1. The van der Waals surface area contributed by atoms with Crippen molar-refractivity contribution in [1.29, 1.82) is 0 Å². The highest BCUT2D eigenvalue weighted by Crippen LogP contribution is 2.25. The van der Waals surface area contributed by atoms with Crippen LogP contribution in [-0.2, 0) is 4.79 Å². The Morgan fingerprint density at radius 2 is 1.88 bits per heavy atom. The molecule has 0 unspecified atom stereocenters. The standard InChI is InChI=1S/C20H24N2O2/c1-16-7-5-6-10-19(16)24-14-13-22-12-11-21-20(23)15-18(22)17-8-3-2-4-9-17/h2-10,18H,11-15H2,1H3,(H,21,23)/t18-/m0/s1. The van der Waals surface area contributed by atoms with Gasteiger partial charge in [-0.25, -0.2) is 0 Å². The van der Waals surface area contributed by atoms with E-state index in [4.69, 9.17) is 4.74 Å². The fraction of sp³-hybridized carbons (Fsp3) is 0.350. The van der Waals surface area contributed by atoms with Crippen LogP contribution in [0.5, 0.6) is 5.75 Å². The molecule has 1 N–H and O–H groups in total. The summed E-state index contributed by atoms with van der Waals surface area (Å²) in [6.07, 6.45) is 0.494. The smallest absolute Gasteiger partial charge is 0.221 e. The molecule has 0 saturated carbocycles. The molecule has 1 fully saturated rings. The topological polar surface area (TPSA) is 41.6 Å². The summed E-state index contributed by atoms with van der Waals surface area (Å²) in [6.45, 7) is 4.98. The fourth-order valence-corrected chi connectivity index (χ4v) is 3.13. The molecule has 126 valence electrons. The zero-order chi connectivity index (χ0) is 16.8. The van der Waals surface area contributed by atoms with Gasteiger partial charge in [0.2, 0.25) is 5.91 Å². The third-order valence-electron chi connectivity index (χ3n) is 4.45. The summed E-state index contributed by atoms with van der Waals surface area (Å²) in [5.74, 6) is 1.05. The van der Waals surface area contributed by atoms with Gasteiger partial charge in [-0.15, -0.1) is 0 Å². The molecule has 4 heteroatoms. The summed E-state index contributed by atoms with van der Waals surface area (Å²) >= 11 is 0. The van der Waals surface area contributed by atoms with Crippen LogP contribution in [0.3, 0.4) is 0 Å². The number of benzene rings is 2. The average Bonchev–Trinajstić information content (AvgIpc) is 2.79. The number of amides is 1. The van der Waals surface area contributed by atoms with Crippen molar-refractivity contribution in [3.63, 3.8) is 0 Å². The Labute approximate surface area is 143 Å². The first kappa shape index (κ1) is 16.5. The van der Waals surface area contributed by atoms with Crippen LogP contribution in [-0.4, -0.2) is 37.0 Å². The second-order valence-corrected chi connectivity index (χ2v) is 6.13. The molecule has 1 saturated heterocycles. The van der Waals surface area contributed by atoms with Gasteiger partial charge in [0.15, 0.2) is 0 Å². The molecule has 1 atom stereocenters. The van der Waals surface area contributed by atoms with Crippen LogP contribution in [0.1, 0.15) is 23.6 Å². The molecular weight excluding hydrogens is 300 g/mol. The Bertz CT molecular complexity index is 672. The van der Waals surface area contributed by atoms with Crippen LogP contribution in [0.2, 0.25) is 0 Å². The van der Waals surface area contributed by atoms with E-state index >= 15 is 0 Å². The lowest BCUT2D eigenvalue weighted by atomic mass is 10.0. The molecule has 4 nitrogen and oxygen atoms in total. The molecule has 1 aliphatic heterocycles. The highest BCUT2D eigenvalue weighted by atomic mass is 16.5. The van der Waals surface area contributed by atoms with Crippen molar-refractivity contribution in [3.05, 3.63) is 65.7 Å². The van der Waals surface area contributed by atoms with E-state index in [1.165, 1.54) is 5.56 Å². The minimum Gasteiger partial charge on any atom is -0.492 e. The van der Waals surface area contributed by atoms with E-state index in [1.807, 2.05) is 36.4 Å². The van der Waals surface area contributed by atoms with Crippen LogP contribution >= 0.6 is 0 Å². The first-order valence-electron chi connectivity index (χ1n) is 8.48. The van der Waals surface area contributed by atoms with E-state index in [2.05, 4.69) is 35.3 Å². The number of aryl methyl sites for hydroxylation is 1. The van der Waals surface area contributed by atoms with Gasteiger partial charge in [0.1, 0.15) is 12.4 Å². The summed E-state index contributed by atoms with van der Waals surface area (Å²) in [7, 11) is 0. The molecule has 0 aliphatic carbocycles. The van der Waals surface area contributed by atoms with Crippen LogP contribution < -0.4 is 10.1 Å². The summed E-state index contributed by atoms with van der Waals surface area (Å²) in [5.41, 5.74) is 2.33. The average molecular weight is 324 g/mol. The maximum atomic E-state index is 12.0. The first-order valence-corrected chi connectivity index (χ1v) is 8.48. The lowest BCUT2D eigenvalue weighted by molar-refractivity contribution is -0.121. The summed E-state index contributed by atoms with van der Waals surface area (Å²) in [4.78, 5) is 14.3. The minimum absolute atomic E-state index is 0.106. The Morgan fingerprint density at radius 1 is 1.12 bits per heavy atom. The molecule has 0 aromatic heterocycles. The van der Waals surface area contributed by atoms with Gasteiger partial charge in [0.25, 0.3) is 0 Å². The lowest BCUT2D eigenvalue weighted by Gasteiger charge is -2.29. The molecule has 3 rings (SSSR count). The van der Waals surface area contributed by atoms with Crippen LogP contribution in [0.25, 0.3) is 0 Å². The molecule has 2 aromatic rings. The predicted octanol–water partition coefficient (Wildman–Crippen LogP) is 2.94. The molecular formula is C20H24N2O2. The van der Waals surface area contributed by atoms with Crippen molar-refractivity contribution in [3.8, 4) is 5.75 Å². The number of para-hydroxylation sites is 1. The van der Waals surface area contributed by atoms with Gasteiger partial charge in [-0.1, -0.05) is 48.5 Å². The van der Waals surface area contributed by atoms with Crippen molar-refractivity contribution < 1.29 is 9.53 Å². The van der Waals surface area contributed by atoms with E-state index in [9.17, 15) is 4.79 Å². The molecule has 0 bridgehead atoms. The second kappa shape index (κ2) is 7.97. The van der Waals surface area contributed by atoms with Gasteiger partial charge in [0, 0.05) is 32.1 Å². The number of nitrogens with one attached hydrogen (secondary N) is 1. The van der Waals surface area contributed by atoms with E-state index in [0.717, 1.165) is 24.4 Å². The van der Waals surface area contributed by atoms with E-state index in [-0.39, 0.29) is 11.9 Å². The number of nitrogens with zero attached hydrogens (tertiary/aromatic N) is 1. The Balaban J connectivity index is 1.67. The normalized spacial score (nSPS) is 18.7. The van der Waals surface area contributed by atoms with Crippen molar-refractivity contribution in [2.24, 2.45) is 0 Å². The minimum atomic E-state index is 0.106. The fourth-order valence-electron chi connectivity index (χ4n) is 3.13. The van der Waals surface area contributed by atoms with Crippen LogP contribution in [0.4, 0.5) is 0 Å². The molecule has 0 spiro atoms. The number of ether oxygens (including phenoxy) is 1. The Morgan fingerprint density at radius 3 is 2.67 bits per heavy atom. The molecule has 0 radical (unpaired) electrons. The number of rotatable bonds is 5. The van der Waals surface area contributed by atoms with Crippen LogP contribution in [0.15, 0.2) is 54.6 Å². The van der Waals surface area contributed by atoms with Gasteiger partial charge >= 0.3 is 0 Å². The lowest BCUT2D eigenvalue weighted by Crippen LogP contribution is -2.34. The molecule has 1 heterocycles. The SMILES string of the molecule is Cc1ccccc1OCCN1CCNC(=O)C[C@H]1c1ccccc1. The molecule has 1 amide bonds. The van der Waals surface area contributed by atoms with Crippen LogP contribution in [0, 0.1) is 6.92 Å². The third kappa shape index (κ3) is 4.15. The van der Waals surface area contributed by atoms with Gasteiger partial charge in [0.05, 0.1) is 0 Å². The number of carbonyl (C=O) groups is 1. The zero-order valence-electron chi connectivity index (χ0n) is 14.1. The predicted molar refractivity (Wildman–Crippen MR) is 95.1 cm³/mol. The van der Waals surface area contributed by atoms with Crippen molar-refractivity contribution in [1.82, 2.24) is 10.2 Å². The molecule has 2 aromatic carbocycles. The maximum Gasteiger partial charge on any atom is 0.221 e. The number of hydrogen-bond acceptors (Lipinski definition) is 3. The van der Waals surface area contributed by atoms with E-state index < -0.39 is 0 Å². The van der Waals surface area contributed by atoms with Crippen molar-refractivity contribution in [2.45, 2.75) is 19.4 Å². The van der Waals surface area contributed by atoms with Gasteiger partial charge in [-0.2, -0.15) is 0 Å². The van der Waals surface area contributed by atoms with Crippen molar-refractivity contribution >= 4 is 5.91 Å². The monoisotopic (exact) mass is 324 g/mol. The van der Waals surface area contributed by atoms with E-state index in [1.54, 1.807) is 0 Å². The quantitative estimate of drug-likeness (QED) is 0.919. The molecule has 24 heavy (non-hydrogen) atoms. The van der Waals surface area contributed by atoms with Gasteiger partial charge in [-0.3, -0.25) is 9.69 Å². The second-order valence-electron chi connectivity index (χ2n) is 6.13. The molecule has 1 aliphatic rings. The van der Waals surface area contributed by atoms with E-state index in [0.29, 0.717) is 19.6 Å². The Hall–Kier alpha value is -2.33. The first-order chi connectivity index (χ1) is 11.7. The third-order valence-corrected chi connectivity index (χ3v) is 4.45. The maximum absolute atomic E-state index is 12.0.